The minimum atomic E-state index is -0.238. The van der Waals surface area contributed by atoms with Crippen LogP contribution in [0, 0.1) is 13.8 Å². The summed E-state index contributed by atoms with van der Waals surface area (Å²) in [6.07, 6.45) is 1.47. The van der Waals surface area contributed by atoms with Crippen LogP contribution in [-0.4, -0.2) is 10.9 Å². The lowest BCUT2D eigenvalue weighted by Crippen LogP contribution is -2.13. The molecular weight excluding hydrogens is 226 g/mol. The summed E-state index contributed by atoms with van der Waals surface area (Å²) in [5.74, 6) is -0.238. The van der Waals surface area contributed by atoms with E-state index in [1.807, 2.05) is 32.0 Å². The molecule has 92 valence electrons. The Morgan fingerprint density at radius 1 is 1.17 bits per heavy atom. The highest BCUT2D eigenvalue weighted by Gasteiger charge is 2.07. The second kappa shape index (κ2) is 4.87. The summed E-state index contributed by atoms with van der Waals surface area (Å²) < 4.78 is 0. The van der Waals surface area contributed by atoms with Gasteiger partial charge in [-0.3, -0.25) is 4.79 Å². The molecule has 0 spiro atoms. The Balaban J connectivity index is 2.16. The third-order valence-corrected chi connectivity index (χ3v) is 2.78. The van der Waals surface area contributed by atoms with Gasteiger partial charge in [-0.1, -0.05) is 6.07 Å². The molecule has 1 heterocycles. The topological polar surface area (TPSA) is 68.0 Å². The van der Waals surface area contributed by atoms with Gasteiger partial charge in [-0.25, -0.2) is 4.98 Å². The summed E-state index contributed by atoms with van der Waals surface area (Å²) in [5, 5.41) is 2.80. The minimum Gasteiger partial charge on any atom is -0.397 e. The van der Waals surface area contributed by atoms with Gasteiger partial charge in [0.2, 0.25) is 0 Å². The van der Waals surface area contributed by atoms with Crippen LogP contribution in [-0.2, 0) is 0 Å². The van der Waals surface area contributed by atoms with Crippen molar-refractivity contribution in [1.82, 2.24) is 4.98 Å². The van der Waals surface area contributed by atoms with E-state index in [2.05, 4.69) is 10.3 Å². The smallest absolute Gasteiger partial charge is 0.274 e. The van der Waals surface area contributed by atoms with Gasteiger partial charge in [-0.2, -0.15) is 0 Å². The van der Waals surface area contributed by atoms with Gasteiger partial charge in [0.25, 0.3) is 5.91 Å². The second-order valence-corrected chi connectivity index (χ2v) is 4.23. The summed E-state index contributed by atoms with van der Waals surface area (Å²) in [4.78, 5) is 15.9. The van der Waals surface area contributed by atoms with Crippen molar-refractivity contribution in [1.29, 1.82) is 0 Å². The Bertz CT molecular complexity index is 576. The number of carbonyl (C=O) groups excluding carboxylic acids is 1. The minimum absolute atomic E-state index is 0.238. The number of benzene rings is 1. The number of carbonyl (C=O) groups is 1. The number of nitrogens with two attached hydrogens (primary N) is 1. The van der Waals surface area contributed by atoms with Gasteiger partial charge in [0, 0.05) is 5.69 Å². The van der Waals surface area contributed by atoms with E-state index in [9.17, 15) is 4.79 Å². The number of pyridine rings is 1. The van der Waals surface area contributed by atoms with E-state index in [4.69, 9.17) is 5.73 Å². The Hall–Kier alpha value is -2.36. The molecule has 0 atom stereocenters. The zero-order valence-corrected chi connectivity index (χ0v) is 10.4. The largest absolute Gasteiger partial charge is 0.397 e. The number of hydrogen-bond donors (Lipinski definition) is 2. The van der Waals surface area contributed by atoms with Gasteiger partial charge in [0.1, 0.15) is 5.69 Å². The van der Waals surface area contributed by atoms with E-state index >= 15 is 0 Å². The van der Waals surface area contributed by atoms with E-state index in [0.29, 0.717) is 11.4 Å². The molecule has 18 heavy (non-hydrogen) atoms. The van der Waals surface area contributed by atoms with Gasteiger partial charge >= 0.3 is 0 Å². The molecule has 2 rings (SSSR count). The third kappa shape index (κ3) is 2.66. The molecule has 0 bridgehead atoms. The van der Waals surface area contributed by atoms with Crippen LogP contribution in [0.5, 0.6) is 0 Å². The SMILES string of the molecule is Cc1ccc(NC(=O)c2ccc(N)cn2)cc1C. The van der Waals surface area contributed by atoms with Crippen LogP contribution in [0.3, 0.4) is 0 Å². The van der Waals surface area contributed by atoms with Crippen LogP contribution >= 0.6 is 0 Å². The maximum atomic E-state index is 11.9. The maximum absolute atomic E-state index is 11.9. The van der Waals surface area contributed by atoms with E-state index in [1.54, 1.807) is 12.1 Å². The molecular formula is C14H15N3O. The van der Waals surface area contributed by atoms with Gasteiger partial charge in [0.15, 0.2) is 0 Å². The lowest BCUT2D eigenvalue weighted by molar-refractivity contribution is 0.102. The van der Waals surface area contributed by atoms with E-state index in [-0.39, 0.29) is 5.91 Å². The molecule has 4 nitrogen and oxygen atoms in total. The Morgan fingerprint density at radius 2 is 1.94 bits per heavy atom. The van der Waals surface area contributed by atoms with E-state index < -0.39 is 0 Å². The van der Waals surface area contributed by atoms with Crippen molar-refractivity contribution >= 4 is 17.3 Å². The first-order chi connectivity index (χ1) is 8.56. The fourth-order valence-electron chi connectivity index (χ4n) is 1.55. The highest BCUT2D eigenvalue weighted by atomic mass is 16.1. The van der Waals surface area contributed by atoms with Crippen LogP contribution in [0.4, 0.5) is 11.4 Å². The van der Waals surface area contributed by atoms with Crippen LogP contribution in [0.2, 0.25) is 0 Å². The van der Waals surface area contributed by atoms with Crippen molar-refractivity contribution in [3.05, 3.63) is 53.3 Å². The van der Waals surface area contributed by atoms with Crippen LogP contribution in [0.25, 0.3) is 0 Å². The van der Waals surface area contributed by atoms with E-state index in [0.717, 1.165) is 11.3 Å². The van der Waals surface area contributed by atoms with Crippen molar-refractivity contribution in [3.8, 4) is 0 Å². The number of hydrogen-bond acceptors (Lipinski definition) is 3. The van der Waals surface area contributed by atoms with Crippen molar-refractivity contribution in [2.45, 2.75) is 13.8 Å². The normalized spacial score (nSPS) is 10.1. The zero-order chi connectivity index (χ0) is 13.1. The van der Waals surface area contributed by atoms with Crippen LogP contribution in [0.1, 0.15) is 21.6 Å². The molecule has 1 aromatic heterocycles. The summed E-state index contributed by atoms with van der Waals surface area (Å²) in [6.45, 7) is 4.04. The van der Waals surface area contributed by atoms with Crippen LogP contribution in [0.15, 0.2) is 36.5 Å². The fourth-order valence-corrected chi connectivity index (χ4v) is 1.55. The Labute approximate surface area is 106 Å². The quantitative estimate of drug-likeness (QED) is 0.849. The molecule has 1 aromatic carbocycles. The van der Waals surface area contributed by atoms with Gasteiger partial charge in [-0.05, 0) is 49.2 Å². The number of nitrogens with one attached hydrogen (secondary N) is 1. The predicted octanol–water partition coefficient (Wildman–Crippen LogP) is 2.53. The molecule has 0 aliphatic carbocycles. The standard InChI is InChI=1S/C14H15N3O/c1-9-3-5-12(7-10(9)2)17-14(18)13-6-4-11(15)8-16-13/h3-8H,15H2,1-2H3,(H,17,18). The highest BCUT2D eigenvalue weighted by molar-refractivity contribution is 6.02. The molecule has 0 aliphatic heterocycles. The van der Waals surface area contributed by atoms with Crippen LogP contribution < -0.4 is 11.1 Å². The highest BCUT2D eigenvalue weighted by Crippen LogP contribution is 2.15. The molecule has 0 saturated heterocycles. The predicted molar refractivity (Wildman–Crippen MR) is 72.5 cm³/mol. The molecule has 0 fully saturated rings. The van der Waals surface area contributed by atoms with Gasteiger partial charge < -0.3 is 11.1 Å². The third-order valence-electron chi connectivity index (χ3n) is 2.78. The average Bonchev–Trinajstić information content (AvgIpc) is 2.34. The lowest BCUT2D eigenvalue weighted by atomic mass is 10.1. The lowest BCUT2D eigenvalue weighted by Gasteiger charge is -2.07. The number of aryl methyl sites for hydroxylation is 2. The molecule has 0 aliphatic rings. The summed E-state index contributed by atoms with van der Waals surface area (Å²) in [7, 11) is 0. The number of amides is 1. The van der Waals surface area contributed by atoms with Gasteiger partial charge in [0.05, 0.1) is 11.9 Å². The number of anilines is 2. The molecule has 3 N–H and O–H groups in total. The Kier molecular flexibility index (Phi) is 3.28. The molecule has 4 heteroatoms. The first kappa shape index (κ1) is 12.1. The molecule has 1 amide bonds. The first-order valence-corrected chi connectivity index (χ1v) is 5.66. The van der Waals surface area contributed by atoms with Gasteiger partial charge in [-0.15, -0.1) is 0 Å². The number of nitrogens with zero attached hydrogens (tertiary/aromatic N) is 1. The zero-order valence-electron chi connectivity index (χ0n) is 10.4. The first-order valence-electron chi connectivity index (χ1n) is 5.66. The molecule has 0 unspecified atom stereocenters. The molecule has 0 saturated carbocycles. The van der Waals surface area contributed by atoms with E-state index in [1.165, 1.54) is 11.8 Å². The van der Waals surface area contributed by atoms with Crippen molar-refractivity contribution in [3.63, 3.8) is 0 Å². The summed E-state index contributed by atoms with van der Waals surface area (Å²) >= 11 is 0. The number of nitrogen functional groups attached to an aromatic ring is 1. The number of rotatable bonds is 2. The summed E-state index contributed by atoms with van der Waals surface area (Å²) in [6, 6.07) is 9.04. The molecule has 2 aromatic rings. The van der Waals surface area contributed by atoms with Crippen molar-refractivity contribution in [2.75, 3.05) is 11.1 Å². The second-order valence-electron chi connectivity index (χ2n) is 4.23. The van der Waals surface area contributed by atoms with Crippen molar-refractivity contribution in [2.24, 2.45) is 0 Å². The monoisotopic (exact) mass is 241 g/mol. The maximum Gasteiger partial charge on any atom is 0.274 e. The summed E-state index contributed by atoms with van der Waals surface area (Å²) in [5.41, 5.74) is 9.51. The average molecular weight is 241 g/mol. The Morgan fingerprint density at radius 3 is 2.56 bits per heavy atom. The fraction of sp³-hybridized carbons (Fsp3) is 0.143. The number of aromatic nitrogens is 1. The van der Waals surface area contributed by atoms with Crippen molar-refractivity contribution < 1.29 is 4.79 Å². The molecule has 0 radical (unpaired) electrons.